The molecule has 346 valence electrons. The lowest BCUT2D eigenvalue weighted by atomic mass is 10.0. The first-order valence-corrected chi connectivity index (χ1v) is 25.7. The Labute approximate surface area is 357 Å². The van der Waals surface area contributed by atoms with Crippen LogP contribution in [0.25, 0.3) is 0 Å². The van der Waals surface area contributed by atoms with Crippen molar-refractivity contribution in [2.24, 2.45) is 0 Å². The van der Waals surface area contributed by atoms with E-state index in [0.717, 1.165) is 64.2 Å². The number of carbonyl (C=O) groups is 2. The van der Waals surface area contributed by atoms with Crippen LogP contribution in [0, 0.1) is 0 Å². The lowest BCUT2D eigenvalue weighted by Gasteiger charge is -2.20. The number of ether oxygens (including phenoxy) is 2. The lowest BCUT2D eigenvalue weighted by molar-refractivity contribution is -0.161. The number of hydrogen-bond donors (Lipinski definition) is 4. The SMILES string of the molecule is CCCCC/C=C\C/C=C\C/C=C\CCCCCCC(=O)O[C@H](COC(=O)CCCCCCCCCCCCCCCCC)COP(=O)(O)OC[C@@H](O)COP(=O)(O)O. The van der Waals surface area contributed by atoms with Crippen molar-refractivity contribution in [3.05, 3.63) is 36.5 Å². The monoisotopic (exact) mass is 881 g/mol. The van der Waals surface area contributed by atoms with Crippen molar-refractivity contribution < 1.29 is 61.6 Å². The molecule has 0 aliphatic heterocycles. The maximum absolute atomic E-state index is 12.7. The second-order valence-corrected chi connectivity index (χ2v) is 18.0. The van der Waals surface area contributed by atoms with Crippen LogP contribution in [-0.2, 0) is 41.8 Å². The number of phosphoric ester groups is 2. The van der Waals surface area contributed by atoms with E-state index in [9.17, 15) is 28.7 Å². The van der Waals surface area contributed by atoms with E-state index in [1.807, 2.05) is 0 Å². The number of rotatable bonds is 43. The van der Waals surface area contributed by atoms with E-state index in [1.54, 1.807) is 0 Å². The first kappa shape index (κ1) is 57.3. The summed E-state index contributed by atoms with van der Waals surface area (Å²) in [6.07, 6.45) is 39.8. The Kier molecular flexibility index (Phi) is 39.3. The maximum atomic E-state index is 12.7. The minimum Gasteiger partial charge on any atom is -0.462 e. The van der Waals surface area contributed by atoms with E-state index < -0.39 is 59.6 Å². The van der Waals surface area contributed by atoms with Crippen LogP contribution < -0.4 is 0 Å². The van der Waals surface area contributed by atoms with Gasteiger partial charge in [-0.1, -0.05) is 166 Å². The molecule has 1 unspecified atom stereocenters. The van der Waals surface area contributed by atoms with E-state index in [4.69, 9.17) is 23.8 Å². The smallest absolute Gasteiger partial charge is 0.462 e. The summed E-state index contributed by atoms with van der Waals surface area (Å²) in [6.45, 7) is 1.73. The molecular weight excluding hydrogens is 798 g/mol. The molecule has 3 atom stereocenters. The third-order valence-electron chi connectivity index (χ3n) is 9.52. The number of esters is 2. The van der Waals surface area contributed by atoms with Gasteiger partial charge in [0.2, 0.25) is 0 Å². The lowest BCUT2D eigenvalue weighted by Crippen LogP contribution is -2.30. The molecule has 0 aliphatic carbocycles. The van der Waals surface area contributed by atoms with Gasteiger partial charge in [0.25, 0.3) is 0 Å². The van der Waals surface area contributed by atoms with Crippen molar-refractivity contribution in [2.75, 3.05) is 26.4 Å². The van der Waals surface area contributed by atoms with Gasteiger partial charge in [-0.05, 0) is 51.4 Å². The van der Waals surface area contributed by atoms with E-state index in [1.165, 1.54) is 89.9 Å². The molecule has 0 fully saturated rings. The van der Waals surface area contributed by atoms with E-state index in [-0.39, 0.29) is 19.4 Å². The zero-order chi connectivity index (χ0) is 43.7. The Hall–Kier alpha value is -1.66. The van der Waals surface area contributed by atoms with Crippen LogP contribution in [0.5, 0.6) is 0 Å². The first-order valence-electron chi connectivity index (χ1n) is 22.7. The topological polar surface area (TPSA) is 195 Å². The second-order valence-electron chi connectivity index (χ2n) is 15.3. The molecule has 4 N–H and O–H groups in total. The van der Waals surface area contributed by atoms with Crippen molar-refractivity contribution >= 4 is 27.6 Å². The largest absolute Gasteiger partial charge is 0.472 e. The van der Waals surface area contributed by atoms with E-state index >= 15 is 0 Å². The number of aliphatic hydroxyl groups excluding tert-OH is 1. The minimum atomic E-state index is -4.86. The molecule has 13 nitrogen and oxygen atoms in total. The number of phosphoric acid groups is 2. The fourth-order valence-corrected chi connectivity index (χ4v) is 7.22. The summed E-state index contributed by atoms with van der Waals surface area (Å²) < 4.78 is 47.8. The Morgan fingerprint density at radius 3 is 1.39 bits per heavy atom. The zero-order valence-corrected chi connectivity index (χ0v) is 38.4. The zero-order valence-electron chi connectivity index (χ0n) is 36.6. The average molecular weight is 881 g/mol. The van der Waals surface area contributed by atoms with Gasteiger partial charge in [0.15, 0.2) is 6.10 Å². The van der Waals surface area contributed by atoms with Gasteiger partial charge in [-0.3, -0.25) is 23.2 Å². The van der Waals surface area contributed by atoms with Gasteiger partial charge in [-0.25, -0.2) is 9.13 Å². The maximum Gasteiger partial charge on any atom is 0.472 e. The number of carbonyl (C=O) groups excluding carboxylic acids is 2. The molecule has 0 bridgehead atoms. The third-order valence-corrected chi connectivity index (χ3v) is 11.0. The molecule has 0 aromatic rings. The molecule has 0 aliphatic rings. The van der Waals surface area contributed by atoms with Crippen molar-refractivity contribution in [3.63, 3.8) is 0 Å². The molecule has 0 aromatic carbocycles. The fourth-order valence-electron chi connectivity index (χ4n) is 6.06. The molecule has 0 rings (SSSR count). The molecule has 0 spiro atoms. The predicted octanol–water partition coefficient (Wildman–Crippen LogP) is 11.7. The number of allylic oxidation sites excluding steroid dienone is 6. The highest BCUT2D eigenvalue weighted by Gasteiger charge is 2.28. The van der Waals surface area contributed by atoms with Gasteiger partial charge in [0.05, 0.1) is 19.8 Å². The van der Waals surface area contributed by atoms with Crippen LogP contribution >= 0.6 is 15.6 Å². The van der Waals surface area contributed by atoms with Crippen LogP contribution in [0.3, 0.4) is 0 Å². The number of hydrogen-bond acceptors (Lipinski definition) is 10. The molecule has 0 radical (unpaired) electrons. The summed E-state index contributed by atoms with van der Waals surface area (Å²) in [4.78, 5) is 52.7. The summed E-state index contributed by atoms with van der Waals surface area (Å²) >= 11 is 0. The molecule has 0 aromatic heterocycles. The molecule has 59 heavy (non-hydrogen) atoms. The van der Waals surface area contributed by atoms with Crippen LogP contribution in [-0.4, -0.2) is 70.4 Å². The van der Waals surface area contributed by atoms with Crippen molar-refractivity contribution in [1.29, 1.82) is 0 Å². The standard InChI is InChI=1S/C44H82O13P2/c1-3-5-7-9-11-13-15-17-19-20-22-24-26-28-30-32-34-36-44(47)57-42(40-56-59(51,52)55-38-41(45)37-54-58(48,49)50)39-53-43(46)35-33-31-29-27-25-23-21-18-16-14-12-10-8-6-4-2/h11,13,17,19,22,24,41-42,45H,3-10,12,14-16,18,20-21,23,25-40H2,1-2H3,(H,51,52)(H2,48,49,50)/b13-11-,19-17-,24-22-/t41-,42+/m0/s1. The highest BCUT2D eigenvalue weighted by molar-refractivity contribution is 7.47. The van der Waals surface area contributed by atoms with Gasteiger partial charge in [0, 0.05) is 12.8 Å². The summed E-state index contributed by atoms with van der Waals surface area (Å²) in [5.41, 5.74) is 0. The van der Waals surface area contributed by atoms with Gasteiger partial charge in [0.1, 0.15) is 12.7 Å². The summed E-state index contributed by atoms with van der Waals surface area (Å²) in [5, 5.41) is 9.75. The Bertz CT molecular complexity index is 1190. The normalized spacial score (nSPS) is 14.3. The van der Waals surface area contributed by atoms with Crippen molar-refractivity contribution in [1.82, 2.24) is 0 Å². The van der Waals surface area contributed by atoms with E-state index in [2.05, 4.69) is 59.4 Å². The summed E-state index contributed by atoms with van der Waals surface area (Å²) in [5.74, 6) is -1.05. The summed E-state index contributed by atoms with van der Waals surface area (Å²) in [7, 11) is -9.67. The Balaban J connectivity index is 4.53. The molecular formula is C44H82O13P2. The van der Waals surface area contributed by atoms with Crippen LogP contribution in [0.1, 0.15) is 194 Å². The third kappa shape index (κ3) is 44.2. The molecule has 0 saturated heterocycles. The molecule has 15 heteroatoms. The second kappa shape index (κ2) is 40.4. The fraction of sp³-hybridized carbons (Fsp3) is 0.818. The van der Waals surface area contributed by atoms with Gasteiger partial charge >= 0.3 is 27.6 Å². The average Bonchev–Trinajstić information content (AvgIpc) is 3.19. The molecule has 0 amide bonds. The Morgan fingerprint density at radius 2 is 0.881 bits per heavy atom. The van der Waals surface area contributed by atoms with E-state index in [0.29, 0.717) is 12.8 Å². The van der Waals surface area contributed by atoms with Gasteiger partial charge < -0.3 is 29.3 Å². The van der Waals surface area contributed by atoms with Crippen LogP contribution in [0.15, 0.2) is 36.5 Å². The van der Waals surface area contributed by atoms with Crippen molar-refractivity contribution in [3.8, 4) is 0 Å². The number of aliphatic hydroxyl groups is 1. The van der Waals surface area contributed by atoms with Crippen LogP contribution in [0.2, 0.25) is 0 Å². The minimum absolute atomic E-state index is 0.107. The molecule has 0 heterocycles. The highest BCUT2D eigenvalue weighted by atomic mass is 31.2. The predicted molar refractivity (Wildman–Crippen MR) is 235 cm³/mol. The molecule has 0 saturated carbocycles. The first-order chi connectivity index (χ1) is 28.4. The van der Waals surface area contributed by atoms with Gasteiger partial charge in [-0.15, -0.1) is 0 Å². The van der Waals surface area contributed by atoms with Crippen LogP contribution in [0.4, 0.5) is 0 Å². The van der Waals surface area contributed by atoms with Gasteiger partial charge in [-0.2, -0.15) is 0 Å². The number of unbranched alkanes of at least 4 members (excludes halogenated alkanes) is 21. The van der Waals surface area contributed by atoms with Crippen molar-refractivity contribution in [2.45, 2.75) is 206 Å². The summed E-state index contributed by atoms with van der Waals surface area (Å²) in [6, 6.07) is 0. The highest BCUT2D eigenvalue weighted by Crippen LogP contribution is 2.43. The quantitative estimate of drug-likeness (QED) is 0.0196. The Morgan fingerprint density at radius 1 is 0.492 bits per heavy atom.